The summed E-state index contributed by atoms with van der Waals surface area (Å²) in [6.45, 7) is 4.85. The molecule has 0 saturated carbocycles. The van der Waals surface area contributed by atoms with Gasteiger partial charge in [-0.3, -0.25) is 4.99 Å². The molecule has 0 heterocycles. The quantitative estimate of drug-likeness (QED) is 0.543. The number of hydrogen-bond acceptors (Lipinski definition) is 1. The molecule has 0 unspecified atom stereocenters. The summed E-state index contributed by atoms with van der Waals surface area (Å²) in [4.78, 5) is 6.53. The Balaban J connectivity index is 2.91. The van der Waals surface area contributed by atoms with Crippen LogP contribution in [0.3, 0.4) is 0 Å². The number of likely N-dealkylation sites (N-methyl/N-ethyl adjacent to an activating group) is 1. The molecule has 0 N–H and O–H groups in total. The second-order valence-electron chi connectivity index (χ2n) is 3.23. The first-order valence-electron chi connectivity index (χ1n) is 5.25. The van der Waals surface area contributed by atoms with Gasteiger partial charge in [-0.15, -0.1) is 0 Å². The topological polar surface area (TPSA) is 15.6 Å². The molecule has 1 aromatic rings. The lowest BCUT2D eigenvalue weighted by Crippen LogP contribution is -2.24. The van der Waals surface area contributed by atoms with Crippen LogP contribution in [-0.4, -0.2) is 19.4 Å². The number of hydrogen-bond donors (Lipinski definition) is 0. The van der Waals surface area contributed by atoms with Gasteiger partial charge in [0.1, 0.15) is 5.84 Å². The molecule has 1 aromatic carbocycles. The Labute approximate surface area is 92.0 Å². The van der Waals surface area contributed by atoms with E-state index in [9.17, 15) is 0 Å². The third-order valence-electron chi connectivity index (χ3n) is 2.12. The molecule has 0 bridgehead atoms. The van der Waals surface area contributed by atoms with Crippen LogP contribution in [0.25, 0.3) is 0 Å². The van der Waals surface area contributed by atoms with Crippen LogP contribution in [0.15, 0.2) is 47.5 Å². The number of anilines is 1. The fourth-order valence-corrected chi connectivity index (χ4v) is 1.37. The van der Waals surface area contributed by atoms with Crippen LogP contribution in [0.4, 0.5) is 5.69 Å². The number of rotatable bonds is 3. The highest BCUT2D eigenvalue weighted by Crippen LogP contribution is 2.12. The van der Waals surface area contributed by atoms with E-state index in [-0.39, 0.29) is 0 Å². The first kappa shape index (κ1) is 11.5. The molecule has 2 heteroatoms. The van der Waals surface area contributed by atoms with Crippen molar-refractivity contribution in [2.45, 2.75) is 13.8 Å². The van der Waals surface area contributed by atoms with Crippen LogP contribution < -0.4 is 4.90 Å². The number of para-hydroxylation sites is 1. The Morgan fingerprint density at radius 3 is 2.53 bits per heavy atom. The normalized spacial score (nSPS) is 12.1. The zero-order valence-corrected chi connectivity index (χ0v) is 9.64. The number of amidine groups is 1. The fraction of sp³-hybridized carbons (Fsp3) is 0.308. The lowest BCUT2D eigenvalue weighted by Gasteiger charge is -2.19. The van der Waals surface area contributed by atoms with Gasteiger partial charge in [-0.05, 0) is 32.1 Å². The van der Waals surface area contributed by atoms with E-state index in [0.29, 0.717) is 0 Å². The molecule has 15 heavy (non-hydrogen) atoms. The smallest absolute Gasteiger partial charge is 0.127 e. The molecular weight excluding hydrogens is 184 g/mol. The van der Waals surface area contributed by atoms with Crippen LogP contribution in [-0.2, 0) is 0 Å². The van der Waals surface area contributed by atoms with E-state index < -0.39 is 0 Å². The predicted molar refractivity (Wildman–Crippen MR) is 67.6 cm³/mol. The largest absolute Gasteiger partial charge is 0.330 e. The van der Waals surface area contributed by atoms with Gasteiger partial charge in [0.2, 0.25) is 0 Å². The Morgan fingerprint density at radius 1 is 1.33 bits per heavy atom. The molecule has 0 aliphatic heterocycles. The molecule has 0 saturated heterocycles. The van der Waals surface area contributed by atoms with Crippen molar-refractivity contribution in [1.29, 1.82) is 0 Å². The summed E-state index contributed by atoms with van der Waals surface area (Å²) in [6.07, 6.45) is 4.03. The predicted octanol–water partition coefficient (Wildman–Crippen LogP) is 3.12. The molecule has 0 aliphatic rings. The standard InChI is InChI=1S/C13H18N2/c1-4-9-13(14-5-2)15(3)12-10-7-6-8-11-12/h4,6-11H,5H2,1-3H3/b9-4-,14-13?. The Kier molecular flexibility index (Phi) is 4.61. The van der Waals surface area contributed by atoms with Crippen molar-refractivity contribution >= 4 is 11.5 Å². The molecular formula is C13H18N2. The van der Waals surface area contributed by atoms with E-state index in [1.165, 1.54) is 0 Å². The third kappa shape index (κ3) is 3.24. The van der Waals surface area contributed by atoms with Crippen LogP contribution in [0.1, 0.15) is 13.8 Å². The summed E-state index contributed by atoms with van der Waals surface area (Å²) < 4.78 is 0. The lowest BCUT2D eigenvalue weighted by molar-refractivity contribution is 1.10. The van der Waals surface area contributed by atoms with Crippen molar-refractivity contribution in [2.24, 2.45) is 4.99 Å². The highest BCUT2D eigenvalue weighted by Gasteiger charge is 2.03. The van der Waals surface area contributed by atoms with Crippen molar-refractivity contribution in [3.8, 4) is 0 Å². The number of allylic oxidation sites excluding steroid dienone is 1. The first-order chi connectivity index (χ1) is 7.29. The Morgan fingerprint density at radius 2 is 2.00 bits per heavy atom. The van der Waals surface area contributed by atoms with Crippen molar-refractivity contribution in [2.75, 3.05) is 18.5 Å². The molecule has 0 aromatic heterocycles. The zero-order chi connectivity index (χ0) is 11.1. The summed E-state index contributed by atoms with van der Waals surface area (Å²) >= 11 is 0. The monoisotopic (exact) mass is 202 g/mol. The van der Waals surface area contributed by atoms with Gasteiger partial charge in [0.25, 0.3) is 0 Å². The van der Waals surface area contributed by atoms with Gasteiger partial charge in [0, 0.05) is 19.3 Å². The molecule has 0 spiro atoms. The molecule has 2 nitrogen and oxygen atoms in total. The van der Waals surface area contributed by atoms with E-state index in [0.717, 1.165) is 18.1 Å². The summed E-state index contributed by atoms with van der Waals surface area (Å²) in [6, 6.07) is 10.2. The Hall–Kier alpha value is -1.57. The van der Waals surface area contributed by atoms with E-state index in [2.05, 4.69) is 22.0 Å². The summed E-state index contributed by atoms with van der Waals surface area (Å²) in [5, 5.41) is 0. The highest BCUT2D eigenvalue weighted by molar-refractivity contribution is 6.05. The minimum Gasteiger partial charge on any atom is -0.330 e. The van der Waals surface area contributed by atoms with Gasteiger partial charge in [-0.2, -0.15) is 0 Å². The molecule has 0 atom stereocenters. The minimum atomic E-state index is 0.802. The number of aliphatic imine (C=N–C) groups is 1. The summed E-state index contributed by atoms with van der Waals surface area (Å²) in [5.74, 6) is 0.992. The van der Waals surface area contributed by atoms with Crippen molar-refractivity contribution < 1.29 is 0 Å². The lowest BCUT2D eigenvalue weighted by atomic mass is 10.3. The van der Waals surface area contributed by atoms with E-state index in [4.69, 9.17) is 0 Å². The first-order valence-corrected chi connectivity index (χ1v) is 5.25. The maximum absolute atomic E-state index is 4.45. The van der Waals surface area contributed by atoms with Gasteiger partial charge in [0.15, 0.2) is 0 Å². The molecule has 0 amide bonds. The van der Waals surface area contributed by atoms with Crippen LogP contribution in [0.5, 0.6) is 0 Å². The van der Waals surface area contributed by atoms with Crippen molar-refractivity contribution in [1.82, 2.24) is 0 Å². The number of nitrogens with zero attached hydrogens (tertiary/aromatic N) is 2. The number of benzene rings is 1. The minimum absolute atomic E-state index is 0.802. The maximum Gasteiger partial charge on any atom is 0.127 e. The highest BCUT2D eigenvalue weighted by atomic mass is 15.2. The second-order valence-corrected chi connectivity index (χ2v) is 3.23. The second kappa shape index (κ2) is 6.02. The van der Waals surface area contributed by atoms with Gasteiger partial charge in [0.05, 0.1) is 0 Å². The van der Waals surface area contributed by atoms with Gasteiger partial charge in [-0.25, -0.2) is 0 Å². The van der Waals surface area contributed by atoms with Gasteiger partial charge in [-0.1, -0.05) is 24.3 Å². The van der Waals surface area contributed by atoms with Crippen molar-refractivity contribution in [3.05, 3.63) is 42.5 Å². The SMILES string of the molecule is C/C=C\C(=NCC)N(C)c1ccccc1. The van der Waals surface area contributed by atoms with Gasteiger partial charge < -0.3 is 4.90 Å². The zero-order valence-electron chi connectivity index (χ0n) is 9.64. The van der Waals surface area contributed by atoms with E-state index in [1.807, 2.05) is 51.2 Å². The molecule has 80 valence electrons. The molecule has 0 aliphatic carbocycles. The van der Waals surface area contributed by atoms with Crippen LogP contribution in [0, 0.1) is 0 Å². The van der Waals surface area contributed by atoms with Crippen molar-refractivity contribution in [3.63, 3.8) is 0 Å². The summed E-state index contributed by atoms with van der Waals surface area (Å²) in [7, 11) is 2.03. The maximum atomic E-state index is 4.45. The molecule has 0 fully saturated rings. The van der Waals surface area contributed by atoms with E-state index in [1.54, 1.807) is 0 Å². The average molecular weight is 202 g/mol. The fourth-order valence-electron chi connectivity index (χ4n) is 1.37. The van der Waals surface area contributed by atoms with E-state index >= 15 is 0 Å². The summed E-state index contributed by atoms with van der Waals surface area (Å²) in [5.41, 5.74) is 1.16. The van der Waals surface area contributed by atoms with Gasteiger partial charge >= 0.3 is 0 Å². The van der Waals surface area contributed by atoms with Crippen LogP contribution >= 0.6 is 0 Å². The molecule has 1 rings (SSSR count). The molecule has 0 radical (unpaired) electrons. The van der Waals surface area contributed by atoms with Crippen LogP contribution in [0.2, 0.25) is 0 Å². The Bertz CT molecular complexity index is 339. The average Bonchev–Trinajstić information content (AvgIpc) is 2.29. The third-order valence-corrected chi connectivity index (χ3v) is 2.12.